The Balaban J connectivity index is 1.42. The highest BCUT2D eigenvalue weighted by atomic mass is 35.5. The Morgan fingerprint density at radius 3 is 2.72 bits per heavy atom. The zero-order chi connectivity index (χ0) is 22.7. The van der Waals surface area contributed by atoms with Crippen LogP contribution in [-0.4, -0.2) is 66.1 Å². The first-order valence-corrected chi connectivity index (χ1v) is 11.2. The Hall–Kier alpha value is -2.61. The molecule has 2 heterocycles. The van der Waals surface area contributed by atoms with E-state index in [1.807, 2.05) is 42.3 Å². The molecule has 8 heteroatoms. The molecular weight excluding hydrogens is 428 g/mol. The molecule has 2 aliphatic rings. The molecule has 1 atom stereocenters. The van der Waals surface area contributed by atoms with Crippen LogP contribution < -0.4 is 10.1 Å². The number of nitrogens with one attached hydrogen (secondary N) is 1. The summed E-state index contributed by atoms with van der Waals surface area (Å²) in [6.45, 7) is 2.89. The van der Waals surface area contributed by atoms with Crippen LogP contribution in [0.25, 0.3) is 0 Å². The number of piperidine rings is 1. The number of carbonyl (C=O) groups excluding carboxylic acids is 2. The third kappa shape index (κ3) is 4.75. The third-order valence-electron chi connectivity index (χ3n) is 6.13. The van der Waals surface area contributed by atoms with Crippen molar-refractivity contribution in [3.8, 4) is 5.75 Å². The lowest BCUT2D eigenvalue weighted by atomic mass is 9.88. The Morgan fingerprint density at radius 2 is 1.97 bits per heavy atom. The number of amides is 3. The van der Waals surface area contributed by atoms with Crippen molar-refractivity contribution < 1.29 is 14.3 Å². The van der Waals surface area contributed by atoms with Crippen LogP contribution in [0.4, 0.5) is 4.79 Å². The number of benzene rings is 2. The predicted octanol–water partition coefficient (Wildman–Crippen LogP) is 3.32. The molecule has 1 unspecified atom stereocenters. The average Bonchev–Trinajstić information content (AvgIpc) is 2.98. The molecule has 1 N–H and O–H groups in total. The van der Waals surface area contributed by atoms with Crippen LogP contribution in [0.1, 0.15) is 24.0 Å². The fourth-order valence-corrected chi connectivity index (χ4v) is 4.85. The number of hydrogen-bond donors (Lipinski definition) is 1. The van der Waals surface area contributed by atoms with Gasteiger partial charge in [-0.2, -0.15) is 0 Å². The number of carbonyl (C=O) groups is 2. The van der Waals surface area contributed by atoms with Crippen molar-refractivity contribution in [2.24, 2.45) is 0 Å². The number of urea groups is 1. The van der Waals surface area contributed by atoms with E-state index in [1.54, 1.807) is 13.2 Å². The summed E-state index contributed by atoms with van der Waals surface area (Å²) in [6.07, 6.45) is 1.52. The number of nitrogens with zero attached hydrogens (tertiary/aromatic N) is 3. The van der Waals surface area contributed by atoms with E-state index in [0.29, 0.717) is 24.5 Å². The zero-order valence-electron chi connectivity index (χ0n) is 18.5. The van der Waals surface area contributed by atoms with Crippen LogP contribution >= 0.6 is 11.6 Å². The van der Waals surface area contributed by atoms with Crippen molar-refractivity contribution >= 4 is 23.5 Å². The Labute approximate surface area is 193 Å². The van der Waals surface area contributed by atoms with Crippen molar-refractivity contribution in [2.45, 2.75) is 31.5 Å². The van der Waals surface area contributed by atoms with Gasteiger partial charge in [0, 0.05) is 30.2 Å². The maximum atomic E-state index is 13.4. The molecule has 2 aromatic rings. The van der Waals surface area contributed by atoms with Gasteiger partial charge in [0.1, 0.15) is 11.3 Å². The van der Waals surface area contributed by atoms with Gasteiger partial charge in [-0.1, -0.05) is 41.9 Å². The minimum absolute atomic E-state index is 0.148. The highest BCUT2D eigenvalue weighted by molar-refractivity contribution is 6.30. The summed E-state index contributed by atoms with van der Waals surface area (Å²) in [4.78, 5) is 31.7. The first-order chi connectivity index (χ1) is 15.4. The summed E-state index contributed by atoms with van der Waals surface area (Å²) in [5, 5.41) is 3.62. The molecule has 2 fully saturated rings. The molecule has 0 saturated carbocycles. The number of imide groups is 1. The van der Waals surface area contributed by atoms with Gasteiger partial charge in [-0.25, -0.2) is 9.69 Å². The number of methoxy groups -OCH3 is 1. The van der Waals surface area contributed by atoms with Gasteiger partial charge in [0.25, 0.3) is 5.91 Å². The van der Waals surface area contributed by atoms with Crippen molar-refractivity contribution in [3.05, 3.63) is 64.7 Å². The maximum absolute atomic E-state index is 13.4. The van der Waals surface area contributed by atoms with Crippen molar-refractivity contribution in [1.29, 1.82) is 0 Å². The first-order valence-electron chi connectivity index (χ1n) is 10.8. The maximum Gasteiger partial charge on any atom is 0.326 e. The number of ether oxygens (including phenoxy) is 1. The van der Waals surface area contributed by atoms with Crippen molar-refractivity contribution in [1.82, 2.24) is 20.0 Å². The molecule has 0 bridgehead atoms. The van der Waals surface area contributed by atoms with Crippen LogP contribution in [0.2, 0.25) is 5.02 Å². The Kier molecular flexibility index (Phi) is 6.69. The molecule has 0 aromatic heterocycles. The summed E-state index contributed by atoms with van der Waals surface area (Å²) in [5.41, 5.74) is 1.25. The van der Waals surface area contributed by atoms with E-state index in [1.165, 1.54) is 10.5 Å². The lowest BCUT2D eigenvalue weighted by Crippen LogP contribution is -2.58. The largest absolute Gasteiger partial charge is 0.496 e. The first kappa shape index (κ1) is 22.6. The number of likely N-dealkylation sites (tertiary alicyclic amines) is 1. The summed E-state index contributed by atoms with van der Waals surface area (Å²) >= 11 is 6.14. The zero-order valence-corrected chi connectivity index (χ0v) is 19.3. The fourth-order valence-electron chi connectivity index (χ4n) is 4.66. The van der Waals surface area contributed by atoms with Gasteiger partial charge in [-0.15, -0.1) is 0 Å². The quantitative estimate of drug-likeness (QED) is 0.647. The van der Waals surface area contributed by atoms with E-state index >= 15 is 0 Å². The van der Waals surface area contributed by atoms with E-state index in [9.17, 15) is 9.59 Å². The highest BCUT2D eigenvalue weighted by Crippen LogP contribution is 2.30. The third-order valence-corrected chi connectivity index (χ3v) is 6.37. The second-order valence-corrected chi connectivity index (χ2v) is 9.09. The van der Waals surface area contributed by atoms with Gasteiger partial charge < -0.3 is 10.1 Å². The average molecular weight is 457 g/mol. The molecule has 4 rings (SSSR count). The molecule has 1 spiro atoms. The molecule has 170 valence electrons. The molecule has 3 amide bonds. The van der Waals surface area contributed by atoms with Crippen LogP contribution in [0.15, 0.2) is 48.5 Å². The second-order valence-electron chi connectivity index (χ2n) is 8.66. The smallest absolute Gasteiger partial charge is 0.326 e. The standard InChI is InChI=1S/C24H29ClN4O3/c1-27(15-19-13-20(25)9-10-21(19)32-2)17-29-22(30)24(26-23(29)31)11-6-12-28(16-24)14-18-7-4-3-5-8-18/h3-5,7-10,13H,6,11-12,14-17H2,1-2H3,(H,26,31). The lowest BCUT2D eigenvalue weighted by molar-refractivity contribution is -0.134. The fraction of sp³-hybridized carbons (Fsp3) is 0.417. The van der Waals surface area contributed by atoms with Gasteiger partial charge in [0.2, 0.25) is 0 Å². The van der Waals surface area contributed by atoms with Gasteiger partial charge in [0.15, 0.2) is 0 Å². The van der Waals surface area contributed by atoms with Crippen molar-refractivity contribution in [2.75, 3.05) is 33.9 Å². The van der Waals surface area contributed by atoms with Gasteiger partial charge >= 0.3 is 6.03 Å². The van der Waals surface area contributed by atoms with Gasteiger partial charge in [-0.3, -0.25) is 14.6 Å². The molecule has 0 radical (unpaired) electrons. The van der Waals surface area contributed by atoms with E-state index in [4.69, 9.17) is 16.3 Å². The van der Waals surface area contributed by atoms with Crippen LogP contribution in [-0.2, 0) is 17.9 Å². The Bertz CT molecular complexity index is 986. The Morgan fingerprint density at radius 1 is 1.19 bits per heavy atom. The van der Waals surface area contributed by atoms with Crippen LogP contribution in [0.5, 0.6) is 5.75 Å². The summed E-state index contributed by atoms with van der Waals surface area (Å²) < 4.78 is 5.41. The summed E-state index contributed by atoms with van der Waals surface area (Å²) in [7, 11) is 3.48. The summed E-state index contributed by atoms with van der Waals surface area (Å²) in [6, 6.07) is 15.3. The van der Waals surface area contributed by atoms with Gasteiger partial charge in [-0.05, 0) is 50.2 Å². The molecule has 7 nitrogen and oxygen atoms in total. The minimum atomic E-state index is -0.849. The van der Waals surface area contributed by atoms with E-state index in [2.05, 4.69) is 22.3 Å². The van der Waals surface area contributed by atoms with E-state index < -0.39 is 5.54 Å². The summed E-state index contributed by atoms with van der Waals surface area (Å²) in [5.74, 6) is 0.573. The van der Waals surface area contributed by atoms with Crippen molar-refractivity contribution in [3.63, 3.8) is 0 Å². The number of halogens is 1. The topological polar surface area (TPSA) is 65.1 Å². The highest BCUT2D eigenvalue weighted by Gasteiger charge is 2.53. The second kappa shape index (κ2) is 9.48. The molecule has 0 aliphatic carbocycles. The predicted molar refractivity (Wildman–Crippen MR) is 123 cm³/mol. The van der Waals surface area contributed by atoms with Crippen LogP contribution in [0, 0.1) is 0 Å². The SMILES string of the molecule is COc1ccc(Cl)cc1CN(C)CN1C(=O)NC2(CCCN(Cc3ccccc3)C2)C1=O. The lowest BCUT2D eigenvalue weighted by Gasteiger charge is -2.38. The van der Waals surface area contributed by atoms with Gasteiger partial charge in [0.05, 0.1) is 13.8 Å². The number of rotatable bonds is 7. The molecular formula is C24H29ClN4O3. The molecule has 2 aromatic carbocycles. The number of hydrogen-bond acceptors (Lipinski definition) is 5. The van der Waals surface area contributed by atoms with Crippen LogP contribution in [0.3, 0.4) is 0 Å². The minimum Gasteiger partial charge on any atom is -0.496 e. The normalized spacial score (nSPS) is 21.4. The van der Waals surface area contributed by atoms with E-state index in [-0.39, 0.29) is 18.6 Å². The molecule has 2 aliphatic heterocycles. The van der Waals surface area contributed by atoms with E-state index in [0.717, 1.165) is 30.8 Å². The molecule has 32 heavy (non-hydrogen) atoms. The monoisotopic (exact) mass is 456 g/mol. The molecule has 2 saturated heterocycles.